The number of carbonyl (C=O) groups excluding carboxylic acids is 2. The van der Waals surface area contributed by atoms with Crippen molar-refractivity contribution in [3.63, 3.8) is 0 Å². The molecule has 0 saturated heterocycles. The highest BCUT2D eigenvalue weighted by atomic mass is 35.5. The number of hydrogen-bond donors (Lipinski definition) is 2. The molecule has 0 radical (unpaired) electrons. The second-order valence-corrected chi connectivity index (χ2v) is 6.97. The lowest BCUT2D eigenvalue weighted by molar-refractivity contribution is 0.0993. The number of anilines is 2. The number of hydrogen-bond acceptors (Lipinski definition) is 3. The molecule has 0 aliphatic carbocycles. The first-order valence-corrected chi connectivity index (χ1v) is 9.66. The van der Waals surface area contributed by atoms with E-state index >= 15 is 0 Å². The summed E-state index contributed by atoms with van der Waals surface area (Å²) >= 11 is 5.87. The lowest BCUT2D eigenvalue weighted by Gasteiger charge is -2.18. The number of amides is 3. The number of nitrogens with one attached hydrogen (secondary N) is 2. The van der Waals surface area contributed by atoms with E-state index in [2.05, 4.69) is 10.6 Å². The molecule has 0 fully saturated rings. The average Bonchev–Trinajstić information content (AvgIpc) is 2.78. The molecule has 0 atom stereocenters. The largest absolute Gasteiger partial charge is 0.496 e. The molecule has 3 amide bonds. The van der Waals surface area contributed by atoms with Gasteiger partial charge < -0.3 is 20.3 Å². The molecule has 0 saturated carbocycles. The highest BCUT2D eigenvalue weighted by molar-refractivity contribution is 6.30. The Kier molecular flexibility index (Phi) is 6.93. The third-order valence-electron chi connectivity index (χ3n) is 4.54. The summed E-state index contributed by atoms with van der Waals surface area (Å²) in [7, 11) is 3.29. The van der Waals surface area contributed by atoms with Crippen LogP contribution >= 0.6 is 11.6 Å². The molecule has 30 heavy (non-hydrogen) atoms. The second kappa shape index (κ2) is 9.80. The summed E-state index contributed by atoms with van der Waals surface area (Å²) in [5.41, 5.74) is 2.74. The van der Waals surface area contributed by atoms with E-state index in [1.54, 1.807) is 62.7 Å². The van der Waals surface area contributed by atoms with Crippen LogP contribution in [0, 0.1) is 0 Å². The summed E-state index contributed by atoms with van der Waals surface area (Å²) in [5.74, 6) is 0.567. The number of methoxy groups -OCH3 is 1. The Morgan fingerprint density at radius 1 is 0.967 bits per heavy atom. The van der Waals surface area contributed by atoms with Gasteiger partial charge in [-0.2, -0.15) is 0 Å². The van der Waals surface area contributed by atoms with Crippen molar-refractivity contribution in [2.75, 3.05) is 24.4 Å². The molecule has 6 nitrogen and oxygen atoms in total. The van der Waals surface area contributed by atoms with Crippen molar-refractivity contribution < 1.29 is 14.3 Å². The Morgan fingerprint density at radius 2 is 1.63 bits per heavy atom. The molecule has 0 aliphatic rings. The van der Waals surface area contributed by atoms with Gasteiger partial charge in [0.1, 0.15) is 5.75 Å². The van der Waals surface area contributed by atoms with Crippen molar-refractivity contribution in [2.24, 2.45) is 0 Å². The van der Waals surface area contributed by atoms with Gasteiger partial charge in [-0.1, -0.05) is 29.8 Å². The molecule has 0 aromatic heterocycles. The Labute approximate surface area is 180 Å². The van der Waals surface area contributed by atoms with Gasteiger partial charge in [-0.3, -0.25) is 4.79 Å². The molecule has 3 rings (SSSR count). The van der Waals surface area contributed by atoms with E-state index in [1.165, 1.54) is 4.90 Å². The van der Waals surface area contributed by atoms with Crippen molar-refractivity contribution >= 4 is 34.9 Å². The number of para-hydroxylation sites is 1. The third kappa shape index (κ3) is 5.30. The summed E-state index contributed by atoms with van der Waals surface area (Å²) in [6, 6.07) is 20.9. The molecular weight excluding hydrogens is 402 g/mol. The maximum atomic E-state index is 12.6. The van der Waals surface area contributed by atoms with Gasteiger partial charge in [0.15, 0.2) is 0 Å². The normalized spacial score (nSPS) is 10.2. The van der Waals surface area contributed by atoms with Crippen LogP contribution in [-0.2, 0) is 6.54 Å². The second-order valence-electron chi connectivity index (χ2n) is 6.54. The number of rotatable bonds is 6. The standard InChI is InChI=1S/C23H22ClN3O3/c1-27(22(28)16-7-9-18(24)10-8-16)20-13-11-19(12-14-20)26-23(29)25-15-17-5-3-4-6-21(17)30-2/h3-14H,15H2,1-2H3,(H2,25,26,29). The molecule has 0 aliphatic heterocycles. The fourth-order valence-electron chi connectivity index (χ4n) is 2.87. The van der Waals surface area contributed by atoms with E-state index in [-0.39, 0.29) is 11.9 Å². The highest BCUT2D eigenvalue weighted by Crippen LogP contribution is 2.20. The van der Waals surface area contributed by atoms with E-state index in [0.717, 1.165) is 11.3 Å². The first-order chi connectivity index (χ1) is 14.5. The summed E-state index contributed by atoms with van der Waals surface area (Å²) in [6.07, 6.45) is 0. The molecule has 3 aromatic rings. The minimum atomic E-state index is -0.334. The van der Waals surface area contributed by atoms with Gasteiger partial charge in [-0.25, -0.2) is 4.79 Å². The topological polar surface area (TPSA) is 70.7 Å². The Hall–Kier alpha value is -3.51. The maximum Gasteiger partial charge on any atom is 0.319 e. The van der Waals surface area contributed by atoms with Crippen molar-refractivity contribution in [3.8, 4) is 5.75 Å². The van der Waals surface area contributed by atoms with Crippen molar-refractivity contribution in [1.29, 1.82) is 0 Å². The van der Waals surface area contributed by atoms with Crippen LogP contribution in [0.25, 0.3) is 0 Å². The predicted octanol–water partition coefficient (Wildman–Crippen LogP) is 4.95. The number of carbonyl (C=O) groups is 2. The van der Waals surface area contributed by atoms with Gasteiger partial charge in [0.2, 0.25) is 0 Å². The van der Waals surface area contributed by atoms with Crippen LogP contribution in [0.5, 0.6) is 5.75 Å². The highest BCUT2D eigenvalue weighted by Gasteiger charge is 2.13. The van der Waals surface area contributed by atoms with Gasteiger partial charge in [-0.05, 0) is 54.6 Å². The summed E-state index contributed by atoms with van der Waals surface area (Å²) in [5, 5.41) is 6.15. The van der Waals surface area contributed by atoms with Gasteiger partial charge in [0, 0.05) is 41.1 Å². The van der Waals surface area contributed by atoms with Gasteiger partial charge in [-0.15, -0.1) is 0 Å². The Morgan fingerprint density at radius 3 is 2.30 bits per heavy atom. The predicted molar refractivity (Wildman–Crippen MR) is 119 cm³/mol. The first kappa shape index (κ1) is 21.2. The van der Waals surface area contributed by atoms with Crippen LogP contribution in [0.1, 0.15) is 15.9 Å². The Balaban J connectivity index is 1.57. The minimum absolute atomic E-state index is 0.151. The molecule has 0 spiro atoms. The van der Waals surface area contributed by atoms with E-state index in [4.69, 9.17) is 16.3 Å². The molecule has 0 heterocycles. The fourth-order valence-corrected chi connectivity index (χ4v) is 3.00. The summed E-state index contributed by atoms with van der Waals surface area (Å²) in [4.78, 5) is 26.3. The summed E-state index contributed by atoms with van der Waals surface area (Å²) in [6.45, 7) is 0.340. The molecule has 7 heteroatoms. The van der Waals surface area contributed by atoms with Crippen LogP contribution < -0.4 is 20.3 Å². The first-order valence-electron chi connectivity index (χ1n) is 9.28. The number of benzene rings is 3. The quantitative estimate of drug-likeness (QED) is 0.589. The number of halogens is 1. The van der Waals surface area contributed by atoms with Crippen molar-refractivity contribution in [3.05, 3.63) is 88.9 Å². The number of nitrogens with zero attached hydrogens (tertiary/aromatic N) is 1. The van der Waals surface area contributed by atoms with Crippen LogP contribution in [-0.4, -0.2) is 26.1 Å². The molecule has 154 valence electrons. The smallest absolute Gasteiger partial charge is 0.319 e. The zero-order chi connectivity index (χ0) is 21.5. The average molecular weight is 424 g/mol. The van der Waals surface area contributed by atoms with Crippen molar-refractivity contribution in [1.82, 2.24) is 5.32 Å². The maximum absolute atomic E-state index is 12.6. The number of ether oxygens (including phenoxy) is 1. The van der Waals surface area contributed by atoms with Gasteiger partial charge in [0.05, 0.1) is 7.11 Å². The fraction of sp³-hybridized carbons (Fsp3) is 0.130. The molecular formula is C23H22ClN3O3. The molecule has 2 N–H and O–H groups in total. The third-order valence-corrected chi connectivity index (χ3v) is 4.79. The SMILES string of the molecule is COc1ccccc1CNC(=O)Nc1ccc(N(C)C(=O)c2ccc(Cl)cc2)cc1. The zero-order valence-corrected chi connectivity index (χ0v) is 17.4. The molecule has 0 unspecified atom stereocenters. The lowest BCUT2D eigenvalue weighted by atomic mass is 10.2. The van der Waals surface area contributed by atoms with E-state index in [0.29, 0.717) is 28.5 Å². The van der Waals surface area contributed by atoms with Crippen LogP contribution in [0.3, 0.4) is 0 Å². The zero-order valence-electron chi connectivity index (χ0n) is 16.7. The van der Waals surface area contributed by atoms with E-state index in [9.17, 15) is 9.59 Å². The Bertz CT molecular complexity index is 1020. The number of urea groups is 1. The lowest BCUT2D eigenvalue weighted by Crippen LogP contribution is -2.28. The van der Waals surface area contributed by atoms with Gasteiger partial charge in [0.25, 0.3) is 5.91 Å². The summed E-state index contributed by atoms with van der Waals surface area (Å²) < 4.78 is 5.28. The van der Waals surface area contributed by atoms with Crippen LogP contribution in [0.15, 0.2) is 72.8 Å². The van der Waals surface area contributed by atoms with Crippen molar-refractivity contribution in [2.45, 2.75) is 6.54 Å². The molecule has 3 aromatic carbocycles. The van der Waals surface area contributed by atoms with Crippen LogP contribution in [0.4, 0.5) is 16.2 Å². The molecule has 0 bridgehead atoms. The minimum Gasteiger partial charge on any atom is -0.496 e. The van der Waals surface area contributed by atoms with E-state index in [1.807, 2.05) is 24.3 Å². The monoisotopic (exact) mass is 423 g/mol. The van der Waals surface area contributed by atoms with E-state index < -0.39 is 0 Å². The van der Waals surface area contributed by atoms with Crippen LogP contribution in [0.2, 0.25) is 5.02 Å². The van der Waals surface area contributed by atoms with Gasteiger partial charge >= 0.3 is 6.03 Å².